The normalized spacial score (nSPS) is 11.6. The molecule has 0 fully saturated rings. The van der Waals surface area contributed by atoms with Crippen molar-refractivity contribution in [1.82, 2.24) is 20.2 Å². The van der Waals surface area contributed by atoms with Gasteiger partial charge in [0.2, 0.25) is 0 Å². The molecule has 136 valence electrons. The number of guanidine groups is 1. The SMILES string of the molecule is CCNC(=NCc1ccc(-n2ccnc2)c(F)c1)NCCCCSC. The predicted molar refractivity (Wildman–Crippen MR) is 104 cm³/mol. The fourth-order valence-corrected chi connectivity index (χ4v) is 2.84. The number of imidazole rings is 1. The van der Waals surface area contributed by atoms with E-state index >= 15 is 0 Å². The minimum atomic E-state index is -0.277. The smallest absolute Gasteiger partial charge is 0.191 e. The van der Waals surface area contributed by atoms with Gasteiger partial charge in [0.1, 0.15) is 5.82 Å². The Bertz CT molecular complexity index is 657. The molecule has 0 aliphatic rings. The van der Waals surface area contributed by atoms with Crippen molar-refractivity contribution in [2.75, 3.05) is 25.1 Å². The van der Waals surface area contributed by atoms with Crippen molar-refractivity contribution in [2.24, 2.45) is 4.99 Å². The monoisotopic (exact) mass is 363 g/mol. The van der Waals surface area contributed by atoms with Crippen LogP contribution in [0.4, 0.5) is 4.39 Å². The number of aromatic nitrogens is 2. The van der Waals surface area contributed by atoms with Crippen molar-refractivity contribution in [3.8, 4) is 5.69 Å². The molecule has 2 N–H and O–H groups in total. The summed E-state index contributed by atoms with van der Waals surface area (Å²) in [5.41, 5.74) is 1.32. The number of rotatable bonds is 9. The first-order valence-corrected chi connectivity index (χ1v) is 9.92. The second kappa shape index (κ2) is 10.8. The molecule has 0 aliphatic carbocycles. The zero-order valence-electron chi connectivity index (χ0n) is 14.8. The van der Waals surface area contributed by atoms with Crippen LogP contribution in [0.2, 0.25) is 0 Å². The topological polar surface area (TPSA) is 54.2 Å². The Morgan fingerprint density at radius 3 is 2.88 bits per heavy atom. The van der Waals surface area contributed by atoms with Gasteiger partial charge in [-0.15, -0.1) is 0 Å². The van der Waals surface area contributed by atoms with E-state index in [4.69, 9.17) is 0 Å². The lowest BCUT2D eigenvalue weighted by molar-refractivity contribution is 0.615. The van der Waals surface area contributed by atoms with Crippen LogP contribution in [0.25, 0.3) is 5.69 Å². The molecular weight excluding hydrogens is 337 g/mol. The van der Waals surface area contributed by atoms with E-state index < -0.39 is 0 Å². The lowest BCUT2D eigenvalue weighted by atomic mass is 10.2. The number of hydrogen-bond acceptors (Lipinski definition) is 3. The van der Waals surface area contributed by atoms with E-state index in [1.165, 1.54) is 18.2 Å². The van der Waals surface area contributed by atoms with Crippen molar-refractivity contribution in [2.45, 2.75) is 26.3 Å². The largest absolute Gasteiger partial charge is 0.357 e. The Morgan fingerprint density at radius 1 is 1.32 bits per heavy atom. The number of benzene rings is 1. The quantitative estimate of drug-likeness (QED) is 0.408. The molecule has 0 unspecified atom stereocenters. The fraction of sp³-hybridized carbons (Fsp3) is 0.444. The number of hydrogen-bond donors (Lipinski definition) is 2. The molecule has 0 amide bonds. The van der Waals surface area contributed by atoms with Crippen molar-refractivity contribution in [1.29, 1.82) is 0 Å². The summed E-state index contributed by atoms with van der Waals surface area (Å²) in [6.45, 7) is 4.15. The Balaban J connectivity index is 1.93. The molecule has 0 saturated heterocycles. The van der Waals surface area contributed by atoms with E-state index in [1.807, 2.05) is 24.8 Å². The van der Waals surface area contributed by atoms with Crippen molar-refractivity contribution < 1.29 is 4.39 Å². The Kier molecular flexibility index (Phi) is 8.31. The van der Waals surface area contributed by atoms with E-state index in [9.17, 15) is 4.39 Å². The number of nitrogens with zero attached hydrogens (tertiary/aromatic N) is 3. The highest BCUT2D eigenvalue weighted by Crippen LogP contribution is 2.15. The van der Waals surface area contributed by atoms with Gasteiger partial charge in [-0.3, -0.25) is 0 Å². The van der Waals surface area contributed by atoms with Crippen LogP contribution < -0.4 is 10.6 Å². The number of aliphatic imine (C=N–C) groups is 1. The van der Waals surface area contributed by atoms with Crippen molar-refractivity contribution >= 4 is 17.7 Å². The first-order valence-electron chi connectivity index (χ1n) is 8.52. The molecule has 0 aliphatic heterocycles. The highest BCUT2D eigenvalue weighted by Gasteiger charge is 2.05. The summed E-state index contributed by atoms with van der Waals surface area (Å²) in [5.74, 6) is 1.67. The third-order valence-electron chi connectivity index (χ3n) is 3.63. The van der Waals surface area contributed by atoms with E-state index in [-0.39, 0.29) is 5.82 Å². The molecular formula is C18H26FN5S. The first kappa shape index (κ1) is 19.3. The number of unbranched alkanes of at least 4 members (excludes halogenated alkanes) is 1. The number of thioether (sulfide) groups is 1. The predicted octanol–water partition coefficient (Wildman–Crippen LogP) is 3.21. The maximum atomic E-state index is 14.3. The molecule has 2 rings (SSSR count). The van der Waals surface area contributed by atoms with Gasteiger partial charge in [-0.2, -0.15) is 11.8 Å². The third kappa shape index (κ3) is 6.42. The van der Waals surface area contributed by atoms with Crippen molar-refractivity contribution in [3.63, 3.8) is 0 Å². The van der Waals surface area contributed by atoms with Crippen LogP contribution in [-0.2, 0) is 6.54 Å². The number of halogens is 1. The summed E-state index contributed by atoms with van der Waals surface area (Å²) in [5, 5.41) is 6.54. The van der Waals surface area contributed by atoms with Gasteiger partial charge in [-0.1, -0.05) is 6.07 Å². The molecule has 0 saturated carbocycles. The standard InChI is InChI=1S/C18H26FN5S/c1-3-21-18(22-8-4-5-11-25-2)23-13-15-6-7-17(16(19)12-15)24-10-9-20-14-24/h6-7,9-10,12,14H,3-5,8,11,13H2,1-2H3,(H2,21,22,23). The molecule has 5 nitrogen and oxygen atoms in total. The molecule has 1 aromatic heterocycles. The Morgan fingerprint density at radius 2 is 2.20 bits per heavy atom. The van der Waals surface area contributed by atoms with Crippen LogP contribution in [0, 0.1) is 5.82 Å². The van der Waals surface area contributed by atoms with E-state index in [0.29, 0.717) is 12.2 Å². The molecule has 0 atom stereocenters. The fourth-order valence-electron chi connectivity index (χ4n) is 2.35. The Hall–Kier alpha value is -2.02. The second-order valence-corrected chi connectivity index (χ2v) is 6.56. The lowest BCUT2D eigenvalue weighted by Crippen LogP contribution is -2.37. The molecule has 1 heterocycles. The van der Waals surface area contributed by atoms with Crippen LogP contribution >= 0.6 is 11.8 Å². The zero-order valence-corrected chi connectivity index (χ0v) is 15.7. The average molecular weight is 364 g/mol. The summed E-state index contributed by atoms with van der Waals surface area (Å²) in [6, 6.07) is 5.18. The van der Waals surface area contributed by atoms with Crippen LogP contribution in [0.5, 0.6) is 0 Å². The van der Waals surface area contributed by atoms with Crippen LogP contribution in [-0.4, -0.2) is 40.6 Å². The van der Waals surface area contributed by atoms with E-state index in [0.717, 1.165) is 31.0 Å². The van der Waals surface area contributed by atoms with E-state index in [1.54, 1.807) is 29.4 Å². The zero-order chi connectivity index (χ0) is 17.9. The van der Waals surface area contributed by atoms with Gasteiger partial charge < -0.3 is 15.2 Å². The maximum absolute atomic E-state index is 14.3. The summed E-state index contributed by atoms with van der Waals surface area (Å²) in [6.07, 6.45) is 9.36. The number of nitrogens with one attached hydrogen (secondary N) is 2. The van der Waals surface area contributed by atoms with Gasteiger partial charge >= 0.3 is 0 Å². The minimum absolute atomic E-state index is 0.277. The summed E-state index contributed by atoms with van der Waals surface area (Å²) >= 11 is 1.86. The van der Waals surface area contributed by atoms with Gasteiger partial charge in [0.05, 0.1) is 18.6 Å². The first-order chi connectivity index (χ1) is 12.2. The maximum Gasteiger partial charge on any atom is 0.191 e. The lowest BCUT2D eigenvalue weighted by Gasteiger charge is -2.11. The van der Waals surface area contributed by atoms with Crippen LogP contribution in [0.15, 0.2) is 41.9 Å². The van der Waals surface area contributed by atoms with Gasteiger partial charge in [0.15, 0.2) is 5.96 Å². The molecule has 1 aromatic carbocycles. The van der Waals surface area contributed by atoms with Crippen LogP contribution in [0.3, 0.4) is 0 Å². The molecule has 0 radical (unpaired) electrons. The molecule has 0 bridgehead atoms. The van der Waals surface area contributed by atoms with Gasteiger partial charge in [-0.25, -0.2) is 14.4 Å². The minimum Gasteiger partial charge on any atom is -0.357 e. The average Bonchev–Trinajstić information content (AvgIpc) is 3.13. The van der Waals surface area contributed by atoms with Crippen molar-refractivity contribution in [3.05, 3.63) is 48.3 Å². The molecule has 7 heteroatoms. The third-order valence-corrected chi connectivity index (χ3v) is 4.32. The summed E-state index contributed by atoms with van der Waals surface area (Å²) < 4.78 is 15.9. The van der Waals surface area contributed by atoms with Gasteiger partial charge in [0.25, 0.3) is 0 Å². The molecule has 25 heavy (non-hydrogen) atoms. The van der Waals surface area contributed by atoms with E-state index in [2.05, 4.69) is 26.9 Å². The van der Waals surface area contributed by atoms with Gasteiger partial charge in [-0.05, 0) is 49.5 Å². The van der Waals surface area contributed by atoms with Crippen LogP contribution in [0.1, 0.15) is 25.3 Å². The highest BCUT2D eigenvalue weighted by molar-refractivity contribution is 7.98. The van der Waals surface area contributed by atoms with Gasteiger partial charge in [0, 0.05) is 25.5 Å². The highest BCUT2D eigenvalue weighted by atomic mass is 32.2. The molecule has 0 spiro atoms. The summed E-state index contributed by atoms with van der Waals surface area (Å²) in [7, 11) is 0. The summed E-state index contributed by atoms with van der Waals surface area (Å²) in [4.78, 5) is 8.48. The molecule has 2 aromatic rings. The Labute approximate surface area is 153 Å². The second-order valence-electron chi connectivity index (χ2n) is 5.58.